The van der Waals surface area contributed by atoms with Gasteiger partial charge >= 0.3 is 0 Å². The molecule has 0 fully saturated rings. The second-order valence-electron chi connectivity index (χ2n) is 15.4. The summed E-state index contributed by atoms with van der Waals surface area (Å²) in [6.45, 7) is 25.8. The lowest BCUT2D eigenvalue weighted by Crippen LogP contribution is -2.30. The van der Waals surface area contributed by atoms with Gasteiger partial charge in [0, 0.05) is 33.4 Å². The number of aromatic nitrogens is 3. The van der Waals surface area contributed by atoms with Crippen molar-refractivity contribution in [3.8, 4) is 28.2 Å². The Morgan fingerprint density at radius 3 is 2.12 bits per heavy atom. The lowest BCUT2D eigenvalue weighted by Gasteiger charge is -2.21. The Hall–Kier alpha value is -5.67. The summed E-state index contributed by atoms with van der Waals surface area (Å²) in [6.07, 6.45) is 0. The summed E-state index contributed by atoms with van der Waals surface area (Å²) >= 11 is 0. The first-order valence-electron chi connectivity index (χ1n) is 17.8. The highest BCUT2D eigenvalue weighted by atomic mass is 16.4. The molecule has 8 aromatic rings. The molecule has 0 spiro atoms. The zero-order chi connectivity index (χ0) is 35.9. The quantitative estimate of drug-likeness (QED) is 0.135. The highest BCUT2D eigenvalue weighted by Gasteiger charge is 2.34. The molecule has 0 saturated heterocycles. The van der Waals surface area contributed by atoms with Crippen LogP contribution in [0.4, 0.5) is 5.69 Å². The van der Waals surface area contributed by atoms with E-state index in [2.05, 4.69) is 155 Å². The number of benzene rings is 5. The van der Waals surface area contributed by atoms with Gasteiger partial charge < -0.3 is 8.83 Å². The molecule has 3 aromatic heterocycles. The third-order valence-electron chi connectivity index (χ3n) is 10.2. The van der Waals surface area contributed by atoms with Gasteiger partial charge in [0.25, 0.3) is 5.82 Å². The third kappa shape index (κ3) is 4.98. The Morgan fingerprint density at radius 2 is 1.47 bits per heavy atom. The van der Waals surface area contributed by atoms with Crippen LogP contribution in [0.15, 0.2) is 93.8 Å². The van der Waals surface area contributed by atoms with Crippen LogP contribution in [0.2, 0.25) is 0 Å². The number of hydrogen-bond acceptors (Lipinski definition) is 3. The van der Waals surface area contributed by atoms with Crippen LogP contribution in [0, 0.1) is 13.5 Å². The number of nitrogens with zero attached hydrogens (tertiary/aromatic N) is 4. The third-order valence-corrected chi connectivity index (χ3v) is 10.2. The number of aryl methyl sites for hydroxylation is 2. The maximum atomic E-state index is 8.29. The van der Waals surface area contributed by atoms with Gasteiger partial charge in [-0.15, -0.1) is 0 Å². The zero-order valence-electron chi connectivity index (χ0n) is 30.8. The average molecular weight is 672 g/mol. The normalized spacial score (nSPS) is 12.4. The van der Waals surface area contributed by atoms with Crippen molar-refractivity contribution in [2.45, 2.75) is 72.6 Å². The highest BCUT2D eigenvalue weighted by Crippen LogP contribution is 2.47. The smallest absolute Gasteiger partial charge is 0.299 e. The molecule has 254 valence electrons. The summed E-state index contributed by atoms with van der Waals surface area (Å²) in [5.74, 6) is 2.14. The number of hydrogen-bond donors (Lipinski definition) is 0. The van der Waals surface area contributed by atoms with E-state index in [9.17, 15) is 0 Å². The van der Waals surface area contributed by atoms with Crippen LogP contribution in [-0.2, 0) is 12.5 Å². The second kappa shape index (κ2) is 11.7. The summed E-state index contributed by atoms with van der Waals surface area (Å²) in [6, 6.07) is 30.2. The minimum Gasteiger partial charge on any atom is -0.456 e. The summed E-state index contributed by atoms with van der Waals surface area (Å²) in [5.41, 5.74) is 13.2. The van der Waals surface area contributed by atoms with Crippen LogP contribution >= 0.6 is 0 Å². The average Bonchev–Trinajstić information content (AvgIpc) is 3.79. The van der Waals surface area contributed by atoms with Crippen LogP contribution in [0.25, 0.3) is 77.1 Å². The number of furan rings is 1. The SMILES string of the molecule is [C-]#[N+]c1c2oc(C(C)(C)C)nc2cc2oc3c(-c4n(-c5c(C(C)C)cc(-c6ccccc6)cc5C(C)C)c5ccccc5[n+]4C)c(C)ccc3c12. The van der Waals surface area contributed by atoms with Crippen LogP contribution in [-0.4, -0.2) is 9.55 Å². The summed E-state index contributed by atoms with van der Waals surface area (Å²) < 4.78 is 17.9. The van der Waals surface area contributed by atoms with Crippen molar-refractivity contribution in [2.75, 3.05) is 0 Å². The molecule has 0 amide bonds. The lowest BCUT2D eigenvalue weighted by molar-refractivity contribution is -0.633. The largest absolute Gasteiger partial charge is 0.456 e. The van der Waals surface area contributed by atoms with Crippen LogP contribution in [0.3, 0.4) is 0 Å². The molecule has 0 aliphatic carbocycles. The first kappa shape index (κ1) is 32.5. The van der Waals surface area contributed by atoms with E-state index < -0.39 is 0 Å². The molecule has 51 heavy (non-hydrogen) atoms. The molecule has 5 aromatic carbocycles. The van der Waals surface area contributed by atoms with Gasteiger partial charge in [0.05, 0.1) is 13.6 Å². The summed E-state index contributed by atoms with van der Waals surface area (Å²) in [7, 11) is 2.15. The van der Waals surface area contributed by atoms with Crippen molar-refractivity contribution in [3.05, 3.63) is 119 Å². The molecule has 0 bridgehead atoms. The molecule has 3 heterocycles. The highest BCUT2D eigenvalue weighted by molar-refractivity contribution is 6.20. The number of oxazole rings is 1. The van der Waals surface area contributed by atoms with E-state index in [0.717, 1.165) is 44.3 Å². The number of rotatable bonds is 5. The van der Waals surface area contributed by atoms with Gasteiger partial charge in [-0.25, -0.2) is 14.4 Å². The Kier molecular flexibility index (Phi) is 7.46. The van der Waals surface area contributed by atoms with E-state index in [0.29, 0.717) is 28.3 Å². The Balaban J connectivity index is 1.50. The molecule has 0 aliphatic rings. The predicted octanol–water partition coefficient (Wildman–Crippen LogP) is 12.2. The van der Waals surface area contributed by atoms with Crippen molar-refractivity contribution in [1.82, 2.24) is 9.55 Å². The van der Waals surface area contributed by atoms with Crippen LogP contribution in [0.5, 0.6) is 0 Å². The monoisotopic (exact) mass is 671 g/mol. The number of para-hydroxylation sites is 2. The van der Waals surface area contributed by atoms with E-state index in [1.807, 2.05) is 6.07 Å². The molecule has 6 heteroatoms. The molecule has 0 aliphatic heterocycles. The zero-order valence-corrected chi connectivity index (χ0v) is 30.8. The lowest BCUT2D eigenvalue weighted by atomic mass is 9.88. The van der Waals surface area contributed by atoms with E-state index in [1.54, 1.807) is 0 Å². The Bertz CT molecular complexity index is 2680. The molecule has 0 saturated carbocycles. The number of imidazole rings is 1. The van der Waals surface area contributed by atoms with Crippen molar-refractivity contribution in [3.63, 3.8) is 0 Å². The molecular formula is C45H43N4O2+. The molecule has 8 rings (SSSR count). The van der Waals surface area contributed by atoms with Crippen molar-refractivity contribution in [1.29, 1.82) is 0 Å². The number of fused-ring (bicyclic) bond motifs is 5. The maximum absolute atomic E-state index is 8.29. The van der Waals surface area contributed by atoms with E-state index in [1.165, 1.54) is 27.9 Å². The molecular weight excluding hydrogens is 629 g/mol. The van der Waals surface area contributed by atoms with E-state index in [-0.39, 0.29) is 17.3 Å². The van der Waals surface area contributed by atoms with Gasteiger partial charge in [-0.2, -0.15) is 4.57 Å². The molecule has 0 radical (unpaired) electrons. The van der Waals surface area contributed by atoms with Crippen molar-refractivity contribution >= 4 is 49.8 Å². The first-order valence-corrected chi connectivity index (χ1v) is 17.8. The predicted molar refractivity (Wildman–Crippen MR) is 208 cm³/mol. The van der Waals surface area contributed by atoms with E-state index >= 15 is 0 Å². The fraction of sp³-hybridized carbons (Fsp3) is 0.267. The fourth-order valence-corrected chi connectivity index (χ4v) is 7.60. The molecule has 0 N–H and O–H groups in total. The van der Waals surface area contributed by atoms with Crippen molar-refractivity contribution < 1.29 is 13.4 Å². The minimum absolute atomic E-state index is 0.255. The van der Waals surface area contributed by atoms with Gasteiger partial charge in [0.15, 0.2) is 22.5 Å². The van der Waals surface area contributed by atoms with Gasteiger partial charge in [-0.3, -0.25) is 0 Å². The summed E-state index contributed by atoms with van der Waals surface area (Å²) in [4.78, 5) is 8.84. The van der Waals surface area contributed by atoms with Gasteiger partial charge in [-0.05, 0) is 59.7 Å². The Morgan fingerprint density at radius 1 is 0.804 bits per heavy atom. The standard InChI is InChI=1S/C45H43N4O2/c1-25(2)31-22-29(28-16-12-11-13-17-28)23-32(26(3)4)40(31)49-35-19-15-14-18-34(35)48(10)43(49)37-27(5)20-21-30-38-36(50-41(30)37)24-33-42(39(38)46-9)51-44(47-33)45(6,7)8/h11-26H,1-8,10H3/q+1. The topological polar surface area (TPSA) is 52.3 Å². The maximum Gasteiger partial charge on any atom is 0.299 e. The summed E-state index contributed by atoms with van der Waals surface area (Å²) in [5, 5.41) is 1.64. The minimum atomic E-state index is -0.295. The van der Waals surface area contributed by atoms with E-state index in [4.69, 9.17) is 20.4 Å². The first-order chi connectivity index (χ1) is 24.4. The fourth-order valence-electron chi connectivity index (χ4n) is 7.60. The van der Waals surface area contributed by atoms with Gasteiger partial charge in [0.2, 0.25) is 5.69 Å². The second-order valence-corrected chi connectivity index (χ2v) is 15.4. The molecule has 6 nitrogen and oxygen atoms in total. The van der Waals surface area contributed by atoms with Gasteiger partial charge in [0.1, 0.15) is 27.9 Å². The van der Waals surface area contributed by atoms with Crippen molar-refractivity contribution in [2.24, 2.45) is 7.05 Å². The van der Waals surface area contributed by atoms with Crippen LogP contribution < -0.4 is 4.57 Å². The van der Waals surface area contributed by atoms with Crippen LogP contribution in [0.1, 0.15) is 82.9 Å². The Labute approximate surface area is 298 Å². The molecule has 0 unspecified atom stereocenters. The molecule has 0 atom stereocenters. The van der Waals surface area contributed by atoms with Gasteiger partial charge in [-0.1, -0.05) is 103 Å².